The Kier molecular flexibility index (Phi) is 5.61. The van der Waals surface area contributed by atoms with Crippen LogP contribution in [-0.2, 0) is 6.54 Å². The zero-order valence-electron chi connectivity index (χ0n) is 12.2. The summed E-state index contributed by atoms with van der Waals surface area (Å²) in [6, 6.07) is 2.16. The first-order valence-corrected chi connectivity index (χ1v) is 7.46. The van der Waals surface area contributed by atoms with E-state index in [-0.39, 0.29) is 0 Å². The molecule has 2 rings (SSSR count). The van der Waals surface area contributed by atoms with Crippen molar-refractivity contribution in [3.8, 4) is 0 Å². The molecule has 1 fully saturated rings. The van der Waals surface area contributed by atoms with Gasteiger partial charge in [-0.3, -0.25) is 4.98 Å². The van der Waals surface area contributed by atoms with Gasteiger partial charge in [0.05, 0.1) is 0 Å². The van der Waals surface area contributed by atoms with Crippen LogP contribution >= 0.6 is 0 Å². The molecule has 1 aromatic heterocycles. The quantitative estimate of drug-likeness (QED) is 0.791. The first kappa shape index (κ1) is 14.3. The summed E-state index contributed by atoms with van der Waals surface area (Å²) in [7, 11) is 0. The first-order valence-electron chi connectivity index (χ1n) is 7.46. The fraction of sp³-hybridized carbons (Fsp3) is 0.667. The van der Waals surface area contributed by atoms with Gasteiger partial charge in [0, 0.05) is 56.4 Å². The van der Waals surface area contributed by atoms with Crippen LogP contribution in [0.1, 0.15) is 25.8 Å². The molecule has 0 amide bonds. The lowest BCUT2D eigenvalue weighted by Gasteiger charge is -2.36. The van der Waals surface area contributed by atoms with Crippen LogP contribution in [0.5, 0.6) is 0 Å². The van der Waals surface area contributed by atoms with E-state index in [0.29, 0.717) is 0 Å². The number of nitrogens with one attached hydrogen (secondary N) is 1. The third kappa shape index (κ3) is 3.91. The highest BCUT2D eigenvalue weighted by atomic mass is 15.3. The van der Waals surface area contributed by atoms with Gasteiger partial charge in [0.1, 0.15) is 0 Å². The van der Waals surface area contributed by atoms with Crippen LogP contribution in [0.3, 0.4) is 0 Å². The van der Waals surface area contributed by atoms with Crippen molar-refractivity contribution in [3.63, 3.8) is 0 Å². The normalized spacial score (nSPS) is 16.8. The molecule has 0 unspecified atom stereocenters. The summed E-state index contributed by atoms with van der Waals surface area (Å²) in [5.74, 6) is 0. The van der Waals surface area contributed by atoms with Crippen LogP contribution in [-0.4, -0.2) is 49.2 Å². The third-order valence-electron chi connectivity index (χ3n) is 3.78. The van der Waals surface area contributed by atoms with E-state index in [9.17, 15) is 0 Å². The van der Waals surface area contributed by atoms with Gasteiger partial charge in [0.25, 0.3) is 0 Å². The van der Waals surface area contributed by atoms with E-state index in [2.05, 4.69) is 40.0 Å². The molecule has 0 atom stereocenters. The lowest BCUT2D eigenvalue weighted by Crippen LogP contribution is -2.46. The first-order chi connectivity index (χ1) is 9.35. The number of aromatic nitrogens is 1. The number of hydrogen-bond acceptors (Lipinski definition) is 4. The van der Waals surface area contributed by atoms with Crippen LogP contribution < -0.4 is 10.2 Å². The van der Waals surface area contributed by atoms with Crippen molar-refractivity contribution in [3.05, 3.63) is 24.0 Å². The molecule has 19 heavy (non-hydrogen) atoms. The Hall–Kier alpha value is -1.13. The molecule has 4 heteroatoms. The van der Waals surface area contributed by atoms with E-state index in [1.807, 2.05) is 12.4 Å². The summed E-state index contributed by atoms with van der Waals surface area (Å²) in [6.45, 7) is 12.2. The van der Waals surface area contributed by atoms with Crippen LogP contribution in [0, 0.1) is 0 Å². The third-order valence-corrected chi connectivity index (χ3v) is 3.78. The number of likely N-dealkylation sites (N-methyl/N-ethyl adjacent to an activating group) is 1. The molecule has 0 saturated carbocycles. The van der Waals surface area contributed by atoms with Crippen molar-refractivity contribution in [1.29, 1.82) is 0 Å². The van der Waals surface area contributed by atoms with Crippen LogP contribution in [0.15, 0.2) is 18.5 Å². The van der Waals surface area contributed by atoms with E-state index in [1.165, 1.54) is 30.8 Å². The number of pyridine rings is 1. The molecular weight excluding hydrogens is 236 g/mol. The monoisotopic (exact) mass is 262 g/mol. The van der Waals surface area contributed by atoms with Crippen LogP contribution in [0.25, 0.3) is 0 Å². The van der Waals surface area contributed by atoms with Gasteiger partial charge in [0.15, 0.2) is 0 Å². The molecule has 0 aliphatic carbocycles. The zero-order valence-corrected chi connectivity index (χ0v) is 12.2. The van der Waals surface area contributed by atoms with Gasteiger partial charge in [0.2, 0.25) is 0 Å². The average Bonchev–Trinajstić information content (AvgIpc) is 2.48. The number of hydrogen-bond donors (Lipinski definition) is 1. The molecule has 4 nitrogen and oxygen atoms in total. The van der Waals surface area contributed by atoms with E-state index >= 15 is 0 Å². The Balaban J connectivity index is 1.99. The number of piperazine rings is 1. The molecule has 2 heterocycles. The largest absolute Gasteiger partial charge is 0.369 e. The van der Waals surface area contributed by atoms with Gasteiger partial charge in [-0.15, -0.1) is 0 Å². The Morgan fingerprint density at radius 2 is 2.00 bits per heavy atom. The highest BCUT2D eigenvalue weighted by molar-refractivity contribution is 5.52. The van der Waals surface area contributed by atoms with E-state index < -0.39 is 0 Å². The molecule has 1 saturated heterocycles. The molecule has 0 aromatic carbocycles. The summed E-state index contributed by atoms with van der Waals surface area (Å²) in [5.41, 5.74) is 2.68. The molecule has 0 bridgehead atoms. The summed E-state index contributed by atoms with van der Waals surface area (Å²) >= 11 is 0. The second-order valence-corrected chi connectivity index (χ2v) is 5.10. The minimum Gasteiger partial charge on any atom is -0.369 e. The van der Waals surface area contributed by atoms with Crippen molar-refractivity contribution < 1.29 is 0 Å². The summed E-state index contributed by atoms with van der Waals surface area (Å²) in [6.07, 6.45) is 5.08. The average molecular weight is 262 g/mol. The van der Waals surface area contributed by atoms with Crippen LogP contribution in [0.2, 0.25) is 0 Å². The van der Waals surface area contributed by atoms with Crippen LogP contribution in [0.4, 0.5) is 5.69 Å². The summed E-state index contributed by atoms with van der Waals surface area (Å²) in [4.78, 5) is 9.28. The zero-order chi connectivity index (χ0) is 13.5. The predicted molar refractivity (Wildman–Crippen MR) is 80.6 cm³/mol. The SMILES string of the molecule is CCCNCc1cnccc1N1CCN(CC)CC1. The minimum atomic E-state index is 0.922. The minimum absolute atomic E-state index is 0.922. The molecule has 0 spiro atoms. The lowest BCUT2D eigenvalue weighted by atomic mass is 10.2. The topological polar surface area (TPSA) is 31.4 Å². The molecular formula is C15H26N4. The highest BCUT2D eigenvalue weighted by Crippen LogP contribution is 2.20. The van der Waals surface area contributed by atoms with E-state index in [0.717, 1.165) is 32.7 Å². The summed E-state index contributed by atoms with van der Waals surface area (Å²) in [5, 5.41) is 3.47. The Morgan fingerprint density at radius 3 is 2.68 bits per heavy atom. The maximum Gasteiger partial charge on any atom is 0.0443 e. The van der Waals surface area contributed by atoms with Crippen molar-refractivity contribution >= 4 is 5.69 Å². The van der Waals surface area contributed by atoms with Gasteiger partial charge in [-0.2, -0.15) is 0 Å². The number of anilines is 1. The van der Waals surface area contributed by atoms with Crippen molar-refractivity contribution in [2.45, 2.75) is 26.8 Å². The van der Waals surface area contributed by atoms with Gasteiger partial charge < -0.3 is 15.1 Å². The Morgan fingerprint density at radius 1 is 1.21 bits per heavy atom. The van der Waals surface area contributed by atoms with Gasteiger partial charge in [-0.25, -0.2) is 0 Å². The molecule has 1 aliphatic heterocycles. The molecule has 1 aliphatic rings. The molecule has 106 valence electrons. The lowest BCUT2D eigenvalue weighted by molar-refractivity contribution is 0.271. The molecule has 0 radical (unpaired) electrons. The highest BCUT2D eigenvalue weighted by Gasteiger charge is 2.17. The van der Waals surface area contributed by atoms with Gasteiger partial charge in [-0.1, -0.05) is 13.8 Å². The maximum atomic E-state index is 4.27. The molecule has 1 N–H and O–H groups in total. The predicted octanol–water partition coefficient (Wildman–Crippen LogP) is 1.72. The van der Waals surface area contributed by atoms with Crippen molar-refractivity contribution in [2.24, 2.45) is 0 Å². The fourth-order valence-corrected chi connectivity index (χ4v) is 2.57. The van der Waals surface area contributed by atoms with Gasteiger partial charge in [-0.05, 0) is 25.6 Å². The number of rotatable bonds is 6. The van der Waals surface area contributed by atoms with Crippen molar-refractivity contribution in [2.75, 3.05) is 44.2 Å². The van der Waals surface area contributed by atoms with Gasteiger partial charge >= 0.3 is 0 Å². The fourth-order valence-electron chi connectivity index (χ4n) is 2.57. The maximum absolute atomic E-state index is 4.27. The smallest absolute Gasteiger partial charge is 0.0443 e. The van der Waals surface area contributed by atoms with Crippen molar-refractivity contribution in [1.82, 2.24) is 15.2 Å². The summed E-state index contributed by atoms with van der Waals surface area (Å²) < 4.78 is 0. The number of nitrogens with zero attached hydrogens (tertiary/aromatic N) is 3. The van der Waals surface area contributed by atoms with E-state index in [4.69, 9.17) is 0 Å². The standard InChI is InChI=1S/C15H26N4/c1-3-6-16-12-14-13-17-7-5-15(14)19-10-8-18(4-2)9-11-19/h5,7,13,16H,3-4,6,8-12H2,1-2H3. The molecule has 1 aromatic rings. The Labute approximate surface area is 116 Å². The van der Waals surface area contributed by atoms with E-state index in [1.54, 1.807) is 0 Å². The second kappa shape index (κ2) is 7.46. The second-order valence-electron chi connectivity index (χ2n) is 5.10. The Bertz CT molecular complexity index is 372.